The van der Waals surface area contributed by atoms with Crippen LogP contribution in [0.1, 0.15) is 11.1 Å². The summed E-state index contributed by atoms with van der Waals surface area (Å²) in [5.41, 5.74) is 2.32. The second kappa shape index (κ2) is 6.16. The Bertz CT molecular complexity index is 511. The van der Waals surface area contributed by atoms with Crippen LogP contribution in [-0.2, 0) is 11.3 Å². The van der Waals surface area contributed by atoms with Gasteiger partial charge in [0.1, 0.15) is 0 Å². The predicted molar refractivity (Wildman–Crippen MR) is 73.6 cm³/mol. The van der Waals surface area contributed by atoms with E-state index in [1.165, 1.54) is 16.9 Å². The Balaban J connectivity index is 1.77. The van der Waals surface area contributed by atoms with Crippen LogP contribution in [0.3, 0.4) is 0 Å². The zero-order valence-electron chi connectivity index (χ0n) is 10.1. The molecule has 0 saturated heterocycles. The Kier molecular flexibility index (Phi) is 4.30. The number of anilines is 1. The number of rotatable bonds is 5. The van der Waals surface area contributed by atoms with Crippen LogP contribution in [0, 0.1) is 6.92 Å². The van der Waals surface area contributed by atoms with E-state index in [0.717, 1.165) is 10.7 Å². The minimum atomic E-state index is -0.0338. The first-order chi connectivity index (χ1) is 8.75. The van der Waals surface area contributed by atoms with Gasteiger partial charge in [-0.2, -0.15) is 0 Å². The number of nitrogens with one attached hydrogen (secondary N) is 2. The van der Waals surface area contributed by atoms with Gasteiger partial charge in [-0.1, -0.05) is 24.3 Å². The second-order valence-corrected chi connectivity index (χ2v) is 4.79. The van der Waals surface area contributed by atoms with Crippen LogP contribution in [-0.4, -0.2) is 17.4 Å². The van der Waals surface area contributed by atoms with Gasteiger partial charge in [0.05, 0.1) is 6.54 Å². The predicted octanol–water partition coefficient (Wildman–Crippen LogP) is 2.18. The summed E-state index contributed by atoms with van der Waals surface area (Å²) in [6.07, 6.45) is 1.71. The summed E-state index contributed by atoms with van der Waals surface area (Å²) in [6, 6.07) is 8.02. The third kappa shape index (κ3) is 3.56. The molecule has 0 unspecified atom stereocenters. The normalized spacial score (nSPS) is 10.1. The van der Waals surface area contributed by atoms with Gasteiger partial charge in [0.2, 0.25) is 5.91 Å². The summed E-state index contributed by atoms with van der Waals surface area (Å²) in [6.45, 7) is 2.85. The van der Waals surface area contributed by atoms with Crippen molar-refractivity contribution in [2.75, 3.05) is 11.9 Å². The summed E-state index contributed by atoms with van der Waals surface area (Å²) >= 11 is 1.48. The van der Waals surface area contributed by atoms with Crippen LogP contribution in [0.2, 0.25) is 0 Å². The van der Waals surface area contributed by atoms with Gasteiger partial charge in [-0.05, 0) is 18.1 Å². The lowest BCUT2D eigenvalue weighted by molar-refractivity contribution is -0.119. The molecule has 0 bridgehead atoms. The number of aryl methyl sites for hydroxylation is 1. The fraction of sp³-hybridized carbons (Fsp3) is 0.231. The minimum Gasteiger partial charge on any atom is -0.352 e. The molecule has 0 spiro atoms. The number of thiazole rings is 1. The highest BCUT2D eigenvalue weighted by atomic mass is 32.1. The zero-order chi connectivity index (χ0) is 12.8. The number of aromatic nitrogens is 1. The molecule has 94 valence electrons. The van der Waals surface area contributed by atoms with Gasteiger partial charge < -0.3 is 10.6 Å². The molecule has 18 heavy (non-hydrogen) atoms. The molecule has 5 heteroatoms. The molecule has 0 aliphatic heterocycles. The molecule has 0 aliphatic rings. The molecule has 4 nitrogen and oxygen atoms in total. The summed E-state index contributed by atoms with van der Waals surface area (Å²) < 4.78 is 0. The van der Waals surface area contributed by atoms with E-state index in [0.29, 0.717) is 6.54 Å². The van der Waals surface area contributed by atoms with Gasteiger partial charge >= 0.3 is 0 Å². The van der Waals surface area contributed by atoms with E-state index in [1.807, 2.05) is 36.6 Å². The summed E-state index contributed by atoms with van der Waals surface area (Å²) in [5, 5.41) is 8.48. The van der Waals surface area contributed by atoms with Crippen LogP contribution < -0.4 is 10.6 Å². The maximum atomic E-state index is 11.6. The fourth-order valence-corrected chi connectivity index (χ4v) is 2.06. The van der Waals surface area contributed by atoms with Crippen LogP contribution in [0.4, 0.5) is 5.13 Å². The Labute approximate surface area is 110 Å². The van der Waals surface area contributed by atoms with Crippen LogP contribution >= 0.6 is 11.3 Å². The molecule has 1 aromatic carbocycles. The van der Waals surface area contributed by atoms with Crippen molar-refractivity contribution in [2.24, 2.45) is 0 Å². The van der Waals surface area contributed by atoms with Gasteiger partial charge in [0.25, 0.3) is 0 Å². The zero-order valence-corrected chi connectivity index (χ0v) is 11.0. The molecule has 2 rings (SSSR count). The van der Waals surface area contributed by atoms with E-state index in [-0.39, 0.29) is 12.5 Å². The second-order valence-electron chi connectivity index (χ2n) is 3.89. The van der Waals surface area contributed by atoms with E-state index >= 15 is 0 Å². The van der Waals surface area contributed by atoms with Crippen molar-refractivity contribution >= 4 is 22.4 Å². The van der Waals surface area contributed by atoms with Crippen LogP contribution in [0.15, 0.2) is 35.8 Å². The molecule has 0 saturated carbocycles. The van der Waals surface area contributed by atoms with E-state index < -0.39 is 0 Å². The summed E-state index contributed by atoms with van der Waals surface area (Å²) in [7, 11) is 0. The molecule has 0 aliphatic carbocycles. The van der Waals surface area contributed by atoms with Crippen molar-refractivity contribution in [1.82, 2.24) is 10.3 Å². The average Bonchev–Trinajstić information content (AvgIpc) is 2.88. The quantitative estimate of drug-likeness (QED) is 0.867. The van der Waals surface area contributed by atoms with Crippen LogP contribution in [0.25, 0.3) is 0 Å². The van der Waals surface area contributed by atoms with Crippen molar-refractivity contribution < 1.29 is 4.79 Å². The third-order valence-electron chi connectivity index (χ3n) is 2.57. The fourth-order valence-electron chi connectivity index (χ4n) is 1.53. The van der Waals surface area contributed by atoms with Crippen molar-refractivity contribution in [3.8, 4) is 0 Å². The monoisotopic (exact) mass is 261 g/mol. The molecular formula is C13H15N3OS. The van der Waals surface area contributed by atoms with Crippen molar-refractivity contribution in [2.45, 2.75) is 13.5 Å². The first-order valence-electron chi connectivity index (χ1n) is 5.70. The largest absolute Gasteiger partial charge is 0.352 e. The molecule has 0 fully saturated rings. The van der Waals surface area contributed by atoms with E-state index in [2.05, 4.69) is 15.6 Å². The maximum absolute atomic E-state index is 11.6. The Morgan fingerprint density at radius 2 is 2.22 bits per heavy atom. The van der Waals surface area contributed by atoms with Crippen LogP contribution in [0.5, 0.6) is 0 Å². The van der Waals surface area contributed by atoms with E-state index in [9.17, 15) is 4.79 Å². The Hall–Kier alpha value is -1.88. The summed E-state index contributed by atoms with van der Waals surface area (Å²) in [4.78, 5) is 15.7. The van der Waals surface area contributed by atoms with Gasteiger partial charge in [-0.25, -0.2) is 4.98 Å². The molecule has 0 radical (unpaired) electrons. The molecule has 1 amide bonds. The molecule has 2 aromatic rings. The highest BCUT2D eigenvalue weighted by Crippen LogP contribution is 2.09. The Morgan fingerprint density at radius 3 is 2.94 bits per heavy atom. The van der Waals surface area contributed by atoms with Gasteiger partial charge in [-0.15, -0.1) is 11.3 Å². The van der Waals surface area contributed by atoms with Crippen molar-refractivity contribution in [3.63, 3.8) is 0 Å². The first kappa shape index (κ1) is 12.6. The average molecular weight is 261 g/mol. The molecule has 1 heterocycles. The van der Waals surface area contributed by atoms with E-state index in [4.69, 9.17) is 0 Å². The minimum absolute atomic E-state index is 0.0338. The third-order valence-corrected chi connectivity index (χ3v) is 3.30. The number of hydrogen-bond acceptors (Lipinski definition) is 4. The molecule has 0 atom stereocenters. The smallest absolute Gasteiger partial charge is 0.239 e. The lowest BCUT2D eigenvalue weighted by atomic mass is 10.1. The highest BCUT2D eigenvalue weighted by Gasteiger charge is 2.03. The number of hydrogen-bond donors (Lipinski definition) is 2. The Morgan fingerprint density at radius 1 is 1.39 bits per heavy atom. The summed E-state index contributed by atoms with van der Waals surface area (Å²) in [5.74, 6) is -0.0338. The van der Waals surface area contributed by atoms with Crippen molar-refractivity contribution in [1.29, 1.82) is 0 Å². The lowest BCUT2D eigenvalue weighted by Gasteiger charge is -2.08. The van der Waals surface area contributed by atoms with Gasteiger partial charge in [0.15, 0.2) is 5.13 Å². The standard InChI is InChI=1S/C13H15N3OS/c1-10-4-2-3-5-11(10)8-15-12(17)9-16-13-14-6-7-18-13/h2-7H,8-9H2,1H3,(H,14,16)(H,15,17). The number of nitrogens with zero attached hydrogens (tertiary/aromatic N) is 1. The van der Waals surface area contributed by atoms with Gasteiger partial charge in [-0.3, -0.25) is 4.79 Å². The molecule has 1 aromatic heterocycles. The van der Waals surface area contributed by atoms with Gasteiger partial charge in [0, 0.05) is 18.1 Å². The topological polar surface area (TPSA) is 54.0 Å². The van der Waals surface area contributed by atoms with E-state index in [1.54, 1.807) is 6.20 Å². The number of carbonyl (C=O) groups is 1. The molecule has 2 N–H and O–H groups in total. The SMILES string of the molecule is Cc1ccccc1CNC(=O)CNc1nccs1. The maximum Gasteiger partial charge on any atom is 0.239 e. The number of carbonyl (C=O) groups excluding carboxylic acids is 1. The first-order valence-corrected chi connectivity index (χ1v) is 6.58. The highest BCUT2D eigenvalue weighted by molar-refractivity contribution is 7.13. The number of amides is 1. The molecular weight excluding hydrogens is 246 g/mol. The van der Waals surface area contributed by atoms with Crippen molar-refractivity contribution in [3.05, 3.63) is 47.0 Å². The number of benzene rings is 1. The lowest BCUT2D eigenvalue weighted by Crippen LogP contribution is -2.29.